The highest BCUT2D eigenvalue weighted by molar-refractivity contribution is 6.33. The van der Waals surface area contributed by atoms with Gasteiger partial charge in [0.1, 0.15) is 5.82 Å². The van der Waals surface area contributed by atoms with Crippen LogP contribution < -0.4 is 5.32 Å². The lowest BCUT2D eigenvalue weighted by molar-refractivity contribution is 0.336. The number of nitrogens with one attached hydrogen (secondary N) is 1. The Morgan fingerprint density at radius 1 is 1.37 bits per heavy atom. The molecule has 1 aromatic heterocycles. The van der Waals surface area contributed by atoms with Gasteiger partial charge >= 0.3 is 0 Å². The van der Waals surface area contributed by atoms with Gasteiger partial charge in [0.25, 0.3) is 0 Å². The van der Waals surface area contributed by atoms with Crippen LogP contribution in [0.15, 0.2) is 22.7 Å². The number of rotatable bonds is 3. The Bertz CT molecular complexity index is 578. The molecule has 1 heterocycles. The average molecular weight is 284 g/mol. The van der Waals surface area contributed by atoms with Gasteiger partial charge in [-0.3, -0.25) is 0 Å². The Balaban J connectivity index is 2.16. The van der Waals surface area contributed by atoms with Crippen LogP contribution in [0, 0.1) is 5.82 Å². The topological polar surface area (TPSA) is 51.0 Å². The molecular formula is C13H15ClFN3O. The van der Waals surface area contributed by atoms with Gasteiger partial charge in [-0.25, -0.2) is 4.39 Å². The van der Waals surface area contributed by atoms with Gasteiger partial charge in [0, 0.05) is 11.1 Å². The molecule has 0 radical (unpaired) electrons. The lowest BCUT2D eigenvalue weighted by Gasteiger charge is -2.18. The normalized spacial score (nSPS) is 11.8. The summed E-state index contributed by atoms with van der Waals surface area (Å²) in [5.74, 6) is 0.424. The molecule has 0 saturated carbocycles. The van der Waals surface area contributed by atoms with Gasteiger partial charge in [-0.2, -0.15) is 4.98 Å². The highest BCUT2D eigenvalue weighted by atomic mass is 35.5. The van der Waals surface area contributed by atoms with Gasteiger partial charge in [0.2, 0.25) is 11.7 Å². The lowest BCUT2D eigenvalue weighted by atomic mass is 10.1. The zero-order valence-corrected chi connectivity index (χ0v) is 11.8. The molecule has 0 amide bonds. The van der Waals surface area contributed by atoms with Crippen molar-refractivity contribution in [3.63, 3.8) is 0 Å². The third-order valence-corrected chi connectivity index (χ3v) is 2.72. The first-order chi connectivity index (χ1) is 8.85. The third kappa shape index (κ3) is 3.75. The summed E-state index contributed by atoms with van der Waals surface area (Å²) in [5.41, 5.74) is 0.510. The number of aromatic nitrogens is 2. The fourth-order valence-electron chi connectivity index (χ4n) is 1.45. The number of benzene rings is 1. The molecule has 19 heavy (non-hydrogen) atoms. The summed E-state index contributed by atoms with van der Waals surface area (Å²) in [6.07, 6.45) is 0. The standard InChI is InChI=1S/C13H15ClFN3O/c1-13(2,3)16-7-11-17-12(18-19-11)9-5-4-8(15)6-10(9)14/h4-6,16H,7H2,1-3H3. The number of nitrogens with zero attached hydrogens (tertiary/aromatic N) is 2. The van der Waals surface area contributed by atoms with Crippen molar-refractivity contribution in [2.45, 2.75) is 32.9 Å². The van der Waals surface area contributed by atoms with E-state index >= 15 is 0 Å². The van der Waals surface area contributed by atoms with Gasteiger partial charge in [0.05, 0.1) is 11.6 Å². The van der Waals surface area contributed by atoms with Crippen molar-refractivity contribution in [1.29, 1.82) is 0 Å². The van der Waals surface area contributed by atoms with Gasteiger partial charge in [-0.1, -0.05) is 16.8 Å². The fourth-order valence-corrected chi connectivity index (χ4v) is 1.70. The Kier molecular flexibility index (Phi) is 3.87. The molecular weight excluding hydrogens is 269 g/mol. The Morgan fingerprint density at radius 2 is 2.11 bits per heavy atom. The summed E-state index contributed by atoms with van der Waals surface area (Å²) >= 11 is 5.95. The van der Waals surface area contributed by atoms with E-state index in [4.69, 9.17) is 16.1 Å². The molecule has 4 nitrogen and oxygen atoms in total. The number of hydrogen-bond donors (Lipinski definition) is 1. The van der Waals surface area contributed by atoms with Crippen LogP contribution in [0.3, 0.4) is 0 Å². The van der Waals surface area contributed by atoms with Crippen molar-refractivity contribution >= 4 is 11.6 Å². The second-order valence-corrected chi connectivity index (χ2v) is 5.65. The molecule has 2 rings (SSSR count). The summed E-state index contributed by atoms with van der Waals surface area (Å²) < 4.78 is 18.1. The summed E-state index contributed by atoms with van der Waals surface area (Å²) in [5, 5.41) is 7.34. The first-order valence-electron chi connectivity index (χ1n) is 5.88. The minimum absolute atomic E-state index is 0.0395. The molecule has 1 aromatic carbocycles. The molecule has 1 N–H and O–H groups in total. The second-order valence-electron chi connectivity index (χ2n) is 5.24. The molecule has 0 aliphatic carbocycles. The van der Waals surface area contributed by atoms with Gasteiger partial charge < -0.3 is 9.84 Å². The average Bonchev–Trinajstić information content (AvgIpc) is 2.74. The molecule has 0 atom stereocenters. The van der Waals surface area contributed by atoms with E-state index in [0.717, 1.165) is 0 Å². The quantitative estimate of drug-likeness (QED) is 0.938. The van der Waals surface area contributed by atoms with E-state index in [-0.39, 0.29) is 10.6 Å². The predicted octanol–water partition coefficient (Wildman–Crippen LogP) is 3.42. The molecule has 0 saturated heterocycles. The first kappa shape index (κ1) is 14.0. The molecule has 0 bridgehead atoms. The predicted molar refractivity (Wildman–Crippen MR) is 71.3 cm³/mol. The maximum atomic E-state index is 13.0. The van der Waals surface area contributed by atoms with E-state index in [0.29, 0.717) is 23.8 Å². The van der Waals surface area contributed by atoms with Crippen LogP contribution in [0.1, 0.15) is 26.7 Å². The van der Waals surface area contributed by atoms with Crippen LogP contribution in [-0.2, 0) is 6.54 Å². The fraction of sp³-hybridized carbons (Fsp3) is 0.385. The van der Waals surface area contributed by atoms with E-state index in [1.807, 2.05) is 20.8 Å². The second kappa shape index (κ2) is 5.27. The minimum Gasteiger partial charge on any atom is -0.338 e. The van der Waals surface area contributed by atoms with E-state index < -0.39 is 5.82 Å². The Hall–Kier alpha value is -1.46. The van der Waals surface area contributed by atoms with E-state index in [2.05, 4.69) is 15.5 Å². The number of halogens is 2. The van der Waals surface area contributed by atoms with Crippen LogP contribution in [-0.4, -0.2) is 15.7 Å². The van der Waals surface area contributed by atoms with Crippen molar-refractivity contribution in [1.82, 2.24) is 15.5 Å². The summed E-state index contributed by atoms with van der Waals surface area (Å²) in [6, 6.07) is 4.06. The zero-order chi connectivity index (χ0) is 14.0. The van der Waals surface area contributed by atoms with Crippen LogP contribution in [0.4, 0.5) is 4.39 Å². The molecule has 2 aromatic rings. The SMILES string of the molecule is CC(C)(C)NCc1nc(-c2ccc(F)cc2Cl)no1. The van der Waals surface area contributed by atoms with Crippen molar-refractivity contribution in [2.75, 3.05) is 0 Å². The van der Waals surface area contributed by atoms with Crippen LogP contribution in [0.2, 0.25) is 5.02 Å². The smallest absolute Gasteiger partial charge is 0.240 e. The minimum atomic E-state index is -0.396. The van der Waals surface area contributed by atoms with Crippen LogP contribution in [0.25, 0.3) is 11.4 Å². The molecule has 102 valence electrons. The molecule has 0 aliphatic heterocycles. The van der Waals surface area contributed by atoms with E-state index in [9.17, 15) is 4.39 Å². The molecule has 0 fully saturated rings. The molecule has 0 aliphatic rings. The van der Waals surface area contributed by atoms with Crippen molar-refractivity contribution < 1.29 is 8.91 Å². The van der Waals surface area contributed by atoms with Gasteiger partial charge in [-0.15, -0.1) is 0 Å². The Morgan fingerprint density at radius 3 is 2.74 bits per heavy atom. The van der Waals surface area contributed by atoms with E-state index in [1.165, 1.54) is 18.2 Å². The molecule has 0 unspecified atom stereocenters. The molecule has 6 heteroatoms. The summed E-state index contributed by atoms with van der Waals surface area (Å²) in [7, 11) is 0. The van der Waals surface area contributed by atoms with Gasteiger partial charge in [-0.05, 0) is 39.0 Å². The maximum Gasteiger partial charge on any atom is 0.240 e. The van der Waals surface area contributed by atoms with E-state index in [1.54, 1.807) is 0 Å². The molecule has 0 spiro atoms. The Labute approximate surface area is 116 Å². The largest absolute Gasteiger partial charge is 0.338 e. The monoisotopic (exact) mass is 283 g/mol. The lowest BCUT2D eigenvalue weighted by Crippen LogP contribution is -2.35. The van der Waals surface area contributed by atoms with Crippen molar-refractivity contribution in [3.05, 3.63) is 34.9 Å². The highest BCUT2D eigenvalue weighted by Gasteiger charge is 2.15. The third-order valence-electron chi connectivity index (χ3n) is 2.41. The first-order valence-corrected chi connectivity index (χ1v) is 6.26. The number of hydrogen-bond acceptors (Lipinski definition) is 4. The van der Waals surface area contributed by atoms with Crippen molar-refractivity contribution in [3.8, 4) is 11.4 Å². The summed E-state index contributed by atoms with van der Waals surface area (Å²) in [6.45, 7) is 6.60. The highest BCUT2D eigenvalue weighted by Crippen LogP contribution is 2.26. The van der Waals surface area contributed by atoms with Crippen LogP contribution in [0.5, 0.6) is 0 Å². The maximum absolute atomic E-state index is 13.0. The van der Waals surface area contributed by atoms with Gasteiger partial charge in [0.15, 0.2) is 0 Å². The zero-order valence-electron chi connectivity index (χ0n) is 11.0. The van der Waals surface area contributed by atoms with Crippen molar-refractivity contribution in [2.24, 2.45) is 0 Å². The summed E-state index contributed by atoms with van der Waals surface area (Å²) in [4.78, 5) is 4.23. The van der Waals surface area contributed by atoms with Crippen LogP contribution >= 0.6 is 11.6 Å².